The molecule has 0 spiro atoms. The van der Waals surface area contributed by atoms with Crippen molar-refractivity contribution in [3.63, 3.8) is 0 Å². The summed E-state index contributed by atoms with van der Waals surface area (Å²) in [5, 5.41) is 0. The SMILES string of the molecule is CCC(N)c1nc2cc(C)c(C)cc2n1CCN1CCCCC1. The molecule has 2 aromatic rings. The van der Waals surface area contributed by atoms with Crippen molar-refractivity contribution >= 4 is 11.0 Å². The fraction of sp³-hybridized carbons (Fsp3) is 0.632. The minimum atomic E-state index is 0.0179. The molecule has 1 fully saturated rings. The minimum Gasteiger partial charge on any atom is -0.325 e. The Labute approximate surface area is 139 Å². The highest BCUT2D eigenvalue weighted by molar-refractivity contribution is 5.78. The van der Waals surface area contributed by atoms with Crippen molar-refractivity contribution < 1.29 is 0 Å². The highest BCUT2D eigenvalue weighted by Gasteiger charge is 2.18. The molecule has 0 radical (unpaired) electrons. The van der Waals surface area contributed by atoms with Crippen LogP contribution in [0.1, 0.15) is 55.6 Å². The molecule has 23 heavy (non-hydrogen) atoms. The number of aryl methyl sites for hydroxylation is 2. The topological polar surface area (TPSA) is 47.1 Å². The van der Waals surface area contributed by atoms with Gasteiger partial charge in [0.25, 0.3) is 0 Å². The summed E-state index contributed by atoms with van der Waals surface area (Å²) in [6.07, 6.45) is 4.98. The highest BCUT2D eigenvalue weighted by Crippen LogP contribution is 2.24. The van der Waals surface area contributed by atoms with Crippen LogP contribution >= 0.6 is 0 Å². The quantitative estimate of drug-likeness (QED) is 0.918. The lowest BCUT2D eigenvalue weighted by molar-refractivity contribution is 0.220. The third-order valence-corrected chi connectivity index (χ3v) is 5.25. The Morgan fingerprint density at radius 1 is 1.09 bits per heavy atom. The van der Waals surface area contributed by atoms with E-state index in [2.05, 4.69) is 42.4 Å². The van der Waals surface area contributed by atoms with E-state index in [-0.39, 0.29) is 6.04 Å². The Morgan fingerprint density at radius 3 is 2.48 bits per heavy atom. The summed E-state index contributed by atoms with van der Waals surface area (Å²) >= 11 is 0. The third-order valence-electron chi connectivity index (χ3n) is 5.25. The van der Waals surface area contributed by atoms with E-state index >= 15 is 0 Å². The van der Waals surface area contributed by atoms with Gasteiger partial charge in [0, 0.05) is 13.1 Å². The predicted octanol–water partition coefficient (Wildman–Crippen LogP) is 3.55. The molecule has 1 saturated heterocycles. The van der Waals surface area contributed by atoms with Gasteiger partial charge in [0.05, 0.1) is 17.1 Å². The minimum absolute atomic E-state index is 0.0179. The first-order valence-electron chi connectivity index (χ1n) is 9.05. The molecule has 4 heteroatoms. The first-order chi connectivity index (χ1) is 11.1. The largest absolute Gasteiger partial charge is 0.325 e. The Morgan fingerprint density at radius 2 is 1.78 bits per heavy atom. The van der Waals surface area contributed by atoms with Crippen LogP contribution < -0.4 is 5.73 Å². The molecular formula is C19H30N4. The summed E-state index contributed by atoms with van der Waals surface area (Å²) in [5.41, 5.74) is 11.3. The smallest absolute Gasteiger partial charge is 0.126 e. The second-order valence-electron chi connectivity index (χ2n) is 6.96. The van der Waals surface area contributed by atoms with Crippen LogP contribution in [0.3, 0.4) is 0 Å². The van der Waals surface area contributed by atoms with Crippen LogP contribution in [0.5, 0.6) is 0 Å². The van der Waals surface area contributed by atoms with Gasteiger partial charge in [0.1, 0.15) is 5.82 Å². The zero-order chi connectivity index (χ0) is 16.4. The lowest BCUT2D eigenvalue weighted by Crippen LogP contribution is -2.33. The molecule has 0 saturated carbocycles. The summed E-state index contributed by atoms with van der Waals surface area (Å²) in [6, 6.07) is 4.50. The van der Waals surface area contributed by atoms with Crippen LogP contribution in [-0.4, -0.2) is 34.1 Å². The normalized spacial score (nSPS) is 17.7. The maximum atomic E-state index is 6.35. The van der Waals surface area contributed by atoms with E-state index in [1.807, 2.05) is 0 Å². The fourth-order valence-corrected chi connectivity index (χ4v) is 3.52. The molecule has 0 bridgehead atoms. The van der Waals surface area contributed by atoms with E-state index < -0.39 is 0 Å². The number of hydrogen-bond acceptors (Lipinski definition) is 3. The molecule has 1 aromatic carbocycles. The van der Waals surface area contributed by atoms with Gasteiger partial charge in [0.2, 0.25) is 0 Å². The molecule has 1 aliphatic rings. The number of nitrogens with zero attached hydrogens (tertiary/aromatic N) is 3. The fourth-order valence-electron chi connectivity index (χ4n) is 3.52. The van der Waals surface area contributed by atoms with E-state index in [0.717, 1.165) is 30.9 Å². The van der Waals surface area contributed by atoms with Crippen molar-refractivity contribution in [3.8, 4) is 0 Å². The number of likely N-dealkylation sites (tertiary alicyclic amines) is 1. The Balaban J connectivity index is 1.92. The molecule has 0 aliphatic carbocycles. The molecule has 1 aliphatic heterocycles. The predicted molar refractivity (Wildman–Crippen MR) is 96.7 cm³/mol. The molecule has 4 nitrogen and oxygen atoms in total. The number of benzene rings is 1. The van der Waals surface area contributed by atoms with Gasteiger partial charge >= 0.3 is 0 Å². The molecule has 1 atom stereocenters. The summed E-state index contributed by atoms with van der Waals surface area (Å²) < 4.78 is 2.37. The first kappa shape index (κ1) is 16.5. The van der Waals surface area contributed by atoms with Crippen molar-refractivity contribution in [1.29, 1.82) is 0 Å². The molecular weight excluding hydrogens is 284 g/mol. The highest BCUT2D eigenvalue weighted by atomic mass is 15.2. The average molecular weight is 314 g/mol. The molecule has 0 amide bonds. The number of imidazole rings is 1. The second kappa shape index (κ2) is 7.02. The Kier molecular flexibility index (Phi) is 5.02. The third kappa shape index (κ3) is 3.43. The molecule has 1 aromatic heterocycles. The molecule has 1 unspecified atom stereocenters. The molecule has 2 N–H and O–H groups in total. The first-order valence-corrected chi connectivity index (χ1v) is 9.05. The van der Waals surface area contributed by atoms with Gasteiger partial charge in [-0.3, -0.25) is 0 Å². The molecule has 3 rings (SSSR count). The van der Waals surface area contributed by atoms with Crippen molar-refractivity contribution in [2.45, 2.75) is 59.0 Å². The van der Waals surface area contributed by atoms with Crippen LogP contribution in [-0.2, 0) is 6.54 Å². The number of fused-ring (bicyclic) bond motifs is 1. The van der Waals surface area contributed by atoms with Crippen molar-refractivity contribution in [3.05, 3.63) is 29.1 Å². The van der Waals surface area contributed by atoms with Gasteiger partial charge < -0.3 is 15.2 Å². The standard InChI is InChI=1S/C19H30N4/c1-4-16(20)19-21-17-12-14(2)15(3)13-18(17)23(19)11-10-22-8-6-5-7-9-22/h12-13,16H,4-11,20H2,1-3H3. The number of nitrogens with two attached hydrogens (primary N) is 1. The van der Waals surface area contributed by atoms with Gasteiger partial charge in [-0.1, -0.05) is 13.3 Å². The summed E-state index contributed by atoms with van der Waals surface area (Å²) in [4.78, 5) is 7.45. The number of piperidine rings is 1. The zero-order valence-corrected chi connectivity index (χ0v) is 14.8. The van der Waals surface area contributed by atoms with Gasteiger partial charge in [-0.25, -0.2) is 4.98 Å². The van der Waals surface area contributed by atoms with E-state index in [1.165, 1.54) is 49.0 Å². The Bertz CT molecular complexity index is 668. The summed E-state index contributed by atoms with van der Waals surface area (Å²) in [6.45, 7) is 11.0. The number of rotatable bonds is 5. The monoisotopic (exact) mass is 314 g/mol. The van der Waals surface area contributed by atoms with Crippen molar-refractivity contribution in [2.24, 2.45) is 5.73 Å². The zero-order valence-electron chi connectivity index (χ0n) is 14.8. The summed E-state index contributed by atoms with van der Waals surface area (Å²) in [5.74, 6) is 1.05. The van der Waals surface area contributed by atoms with Gasteiger partial charge in [-0.15, -0.1) is 0 Å². The van der Waals surface area contributed by atoms with Crippen molar-refractivity contribution in [1.82, 2.24) is 14.5 Å². The lowest BCUT2D eigenvalue weighted by Gasteiger charge is -2.27. The second-order valence-corrected chi connectivity index (χ2v) is 6.96. The van der Waals surface area contributed by atoms with Gasteiger partial charge in [-0.05, 0) is 69.5 Å². The van der Waals surface area contributed by atoms with Crippen molar-refractivity contribution in [2.75, 3.05) is 19.6 Å². The van der Waals surface area contributed by atoms with Crippen LogP contribution in [0.4, 0.5) is 0 Å². The van der Waals surface area contributed by atoms with E-state index in [9.17, 15) is 0 Å². The lowest BCUT2D eigenvalue weighted by atomic mass is 10.1. The Hall–Kier alpha value is -1.39. The van der Waals surface area contributed by atoms with Crippen LogP contribution in [0.15, 0.2) is 12.1 Å². The molecule has 126 valence electrons. The maximum Gasteiger partial charge on any atom is 0.126 e. The molecule has 2 heterocycles. The number of aromatic nitrogens is 2. The van der Waals surface area contributed by atoms with E-state index in [1.54, 1.807) is 0 Å². The van der Waals surface area contributed by atoms with Gasteiger partial charge in [0.15, 0.2) is 0 Å². The average Bonchev–Trinajstić information content (AvgIpc) is 2.91. The van der Waals surface area contributed by atoms with E-state index in [4.69, 9.17) is 10.7 Å². The van der Waals surface area contributed by atoms with Crippen LogP contribution in [0.2, 0.25) is 0 Å². The van der Waals surface area contributed by atoms with E-state index in [0.29, 0.717) is 0 Å². The van der Waals surface area contributed by atoms with Crippen LogP contribution in [0, 0.1) is 13.8 Å². The van der Waals surface area contributed by atoms with Gasteiger partial charge in [-0.2, -0.15) is 0 Å². The van der Waals surface area contributed by atoms with Crippen LogP contribution in [0.25, 0.3) is 11.0 Å². The number of hydrogen-bond donors (Lipinski definition) is 1. The summed E-state index contributed by atoms with van der Waals surface area (Å²) in [7, 11) is 0. The maximum absolute atomic E-state index is 6.35.